The molecule has 1 heterocycles. The van der Waals surface area contributed by atoms with E-state index in [1.165, 1.54) is 0 Å². The van der Waals surface area contributed by atoms with E-state index in [9.17, 15) is 4.79 Å². The van der Waals surface area contributed by atoms with Crippen LogP contribution in [0.25, 0.3) is 0 Å². The van der Waals surface area contributed by atoms with Crippen LogP contribution >= 0.6 is 11.8 Å². The first-order valence-corrected chi connectivity index (χ1v) is 7.66. The molecule has 104 valence electrons. The molecular weight excluding hydrogens is 260 g/mol. The van der Waals surface area contributed by atoms with Gasteiger partial charge in [-0.25, -0.2) is 0 Å². The maximum atomic E-state index is 12.5. The Labute approximate surface area is 118 Å². The molecule has 0 spiro atoms. The lowest BCUT2D eigenvalue weighted by Crippen LogP contribution is -2.46. The predicted molar refractivity (Wildman–Crippen MR) is 78.4 cm³/mol. The summed E-state index contributed by atoms with van der Waals surface area (Å²) in [7, 11) is 0. The minimum atomic E-state index is -0.482. The highest BCUT2D eigenvalue weighted by Gasteiger charge is 2.38. The molecule has 0 atom stereocenters. The number of nitrogens with two attached hydrogens (primary N) is 1. The number of ether oxygens (including phenoxy) is 1. The monoisotopic (exact) mass is 280 g/mol. The van der Waals surface area contributed by atoms with Crippen molar-refractivity contribution >= 4 is 23.4 Å². The highest BCUT2D eigenvalue weighted by molar-refractivity contribution is 7.98. The Balaban J connectivity index is 2.15. The number of benzene rings is 1. The number of thioether (sulfide) groups is 1. The minimum absolute atomic E-state index is 0.0137. The number of hydrogen-bond acceptors (Lipinski definition) is 4. The molecule has 3 N–H and O–H groups in total. The number of carbonyl (C=O) groups is 1. The smallest absolute Gasteiger partial charge is 0.232 e. The number of nitrogens with one attached hydrogen (secondary N) is 1. The first-order valence-electron chi connectivity index (χ1n) is 6.44. The van der Waals surface area contributed by atoms with Crippen molar-refractivity contribution in [3.05, 3.63) is 24.3 Å². The third-order valence-electron chi connectivity index (χ3n) is 3.68. The van der Waals surface area contributed by atoms with Gasteiger partial charge in [0.1, 0.15) is 0 Å². The summed E-state index contributed by atoms with van der Waals surface area (Å²) in [6.45, 7) is 1.58. The van der Waals surface area contributed by atoms with Gasteiger partial charge in [-0.05, 0) is 31.2 Å². The van der Waals surface area contributed by atoms with Crippen LogP contribution in [0.3, 0.4) is 0 Å². The molecular formula is C14H20N2O2S. The van der Waals surface area contributed by atoms with E-state index in [4.69, 9.17) is 10.5 Å². The summed E-state index contributed by atoms with van der Waals surface area (Å²) in [5.74, 6) is 0.0137. The maximum absolute atomic E-state index is 12.5. The van der Waals surface area contributed by atoms with Gasteiger partial charge in [-0.1, -0.05) is 12.1 Å². The second kappa shape index (κ2) is 6.41. The van der Waals surface area contributed by atoms with Crippen LogP contribution in [-0.4, -0.2) is 31.9 Å². The first kappa shape index (κ1) is 14.4. The maximum Gasteiger partial charge on any atom is 0.232 e. The normalized spacial score (nSPS) is 18.0. The zero-order valence-electron chi connectivity index (χ0n) is 11.1. The highest BCUT2D eigenvalue weighted by Crippen LogP contribution is 2.32. The second-order valence-electron chi connectivity index (χ2n) is 4.75. The summed E-state index contributed by atoms with van der Waals surface area (Å²) in [6.07, 6.45) is 3.38. The van der Waals surface area contributed by atoms with Crippen LogP contribution in [0.1, 0.15) is 12.8 Å². The van der Waals surface area contributed by atoms with Crippen LogP contribution in [0, 0.1) is 5.41 Å². The van der Waals surface area contributed by atoms with Crippen molar-refractivity contribution in [1.82, 2.24) is 0 Å². The van der Waals surface area contributed by atoms with Gasteiger partial charge in [0.25, 0.3) is 0 Å². The van der Waals surface area contributed by atoms with Crippen molar-refractivity contribution in [3.8, 4) is 0 Å². The molecule has 0 radical (unpaired) electrons. The van der Waals surface area contributed by atoms with Crippen LogP contribution in [0.4, 0.5) is 5.69 Å². The number of para-hydroxylation sites is 1. The fourth-order valence-electron chi connectivity index (χ4n) is 2.29. The molecule has 1 aromatic carbocycles. The Kier molecular flexibility index (Phi) is 4.85. The van der Waals surface area contributed by atoms with E-state index in [1.54, 1.807) is 11.8 Å². The molecule has 0 saturated carbocycles. The van der Waals surface area contributed by atoms with E-state index < -0.39 is 5.41 Å². The third-order valence-corrected chi connectivity index (χ3v) is 4.47. The summed E-state index contributed by atoms with van der Waals surface area (Å²) in [4.78, 5) is 13.6. The summed E-state index contributed by atoms with van der Waals surface area (Å²) < 4.78 is 5.33. The lowest BCUT2D eigenvalue weighted by molar-refractivity contribution is -0.130. The van der Waals surface area contributed by atoms with E-state index >= 15 is 0 Å². The molecule has 5 heteroatoms. The van der Waals surface area contributed by atoms with Crippen LogP contribution in [0.5, 0.6) is 0 Å². The standard InChI is InChI=1S/C14H20N2O2S/c1-19-12-5-3-2-4-11(12)16-13(17)14(10-15)6-8-18-9-7-14/h2-5H,6-10,15H2,1H3,(H,16,17). The molecule has 19 heavy (non-hydrogen) atoms. The summed E-state index contributed by atoms with van der Waals surface area (Å²) in [5, 5.41) is 3.03. The fraction of sp³-hybridized carbons (Fsp3) is 0.500. The van der Waals surface area contributed by atoms with Gasteiger partial charge in [0, 0.05) is 24.7 Å². The Morgan fingerprint density at radius 2 is 2.11 bits per heavy atom. The molecule has 1 aromatic rings. The Morgan fingerprint density at radius 3 is 2.74 bits per heavy atom. The lowest BCUT2D eigenvalue weighted by Gasteiger charge is -2.34. The summed E-state index contributed by atoms with van der Waals surface area (Å²) in [6, 6.07) is 7.82. The molecule has 4 nitrogen and oxygen atoms in total. The average Bonchev–Trinajstić information content (AvgIpc) is 2.48. The molecule has 1 saturated heterocycles. The summed E-state index contributed by atoms with van der Waals surface area (Å²) in [5.41, 5.74) is 6.22. The topological polar surface area (TPSA) is 64.4 Å². The molecule has 0 aliphatic carbocycles. The quantitative estimate of drug-likeness (QED) is 0.829. The lowest BCUT2D eigenvalue weighted by atomic mass is 9.79. The predicted octanol–water partition coefficient (Wildman–Crippen LogP) is 2.10. The molecule has 0 aromatic heterocycles. The number of carbonyl (C=O) groups excluding carboxylic acids is 1. The van der Waals surface area contributed by atoms with Gasteiger partial charge in [-0.15, -0.1) is 11.8 Å². The Bertz CT molecular complexity index is 445. The van der Waals surface area contributed by atoms with E-state index in [2.05, 4.69) is 5.32 Å². The fourth-order valence-corrected chi connectivity index (χ4v) is 2.84. The SMILES string of the molecule is CSc1ccccc1NC(=O)C1(CN)CCOCC1. The zero-order valence-corrected chi connectivity index (χ0v) is 12.0. The Hall–Kier alpha value is -1.04. The number of anilines is 1. The van der Waals surface area contributed by atoms with Gasteiger partial charge in [-0.3, -0.25) is 4.79 Å². The molecule has 1 aliphatic heterocycles. The molecule has 2 rings (SSSR count). The van der Waals surface area contributed by atoms with Crippen LogP contribution in [0.15, 0.2) is 29.2 Å². The van der Waals surface area contributed by atoms with E-state index in [0.29, 0.717) is 32.6 Å². The molecule has 1 fully saturated rings. The average molecular weight is 280 g/mol. The zero-order chi connectivity index (χ0) is 13.7. The van der Waals surface area contributed by atoms with Crippen LogP contribution < -0.4 is 11.1 Å². The van der Waals surface area contributed by atoms with Crippen molar-refractivity contribution in [3.63, 3.8) is 0 Å². The van der Waals surface area contributed by atoms with Crippen molar-refractivity contribution in [2.24, 2.45) is 11.1 Å². The van der Waals surface area contributed by atoms with Gasteiger partial charge >= 0.3 is 0 Å². The molecule has 1 aliphatic rings. The number of amides is 1. The van der Waals surface area contributed by atoms with Crippen molar-refractivity contribution in [2.45, 2.75) is 17.7 Å². The van der Waals surface area contributed by atoms with E-state index in [1.807, 2.05) is 30.5 Å². The van der Waals surface area contributed by atoms with Crippen molar-refractivity contribution < 1.29 is 9.53 Å². The van der Waals surface area contributed by atoms with E-state index in [-0.39, 0.29) is 5.91 Å². The van der Waals surface area contributed by atoms with Gasteiger partial charge < -0.3 is 15.8 Å². The molecule has 0 bridgehead atoms. The van der Waals surface area contributed by atoms with Gasteiger partial charge in [0.05, 0.1) is 11.1 Å². The Morgan fingerprint density at radius 1 is 1.42 bits per heavy atom. The van der Waals surface area contributed by atoms with Gasteiger partial charge in [-0.2, -0.15) is 0 Å². The van der Waals surface area contributed by atoms with Gasteiger partial charge in [0.2, 0.25) is 5.91 Å². The third kappa shape index (κ3) is 3.11. The van der Waals surface area contributed by atoms with Crippen LogP contribution in [0.2, 0.25) is 0 Å². The number of hydrogen-bond donors (Lipinski definition) is 2. The van der Waals surface area contributed by atoms with Crippen LogP contribution in [-0.2, 0) is 9.53 Å². The molecule has 0 unspecified atom stereocenters. The van der Waals surface area contributed by atoms with Gasteiger partial charge in [0.15, 0.2) is 0 Å². The van der Waals surface area contributed by atoms with Crippen molar-refractivity contribution in [2.75, 3.05) is 31.3 Å². The largest absolute Gasteiger partial charge is 0.381 e. The summed E-state index contributed by atoms with van der Waals surface area (Å²) >= 11 is 1.62. The molecule has 1 amide bonds. The highest BCUT2D eigenvalue weighted by atomic mass is 32.2. The van der Waals surface area contributed by atoms with Crippen molar-refractivity contribution in [1.29, 1.82) is 0 Å². The number of rotatable bonds is 4. The minimum Gasteiger partial charge on any atom is -0.381 e. The first-order chi connectivity index (χ1) is 9.22. The van der Waals surface area contributed by atoms with E-state index in [0.717, 1.165) is 10.6 Å². The second-order valence-corrected chi connectivity index (χ2v) is 5.60.